The highest BCUT2D eigenvalue weighted by atomic mass is 16.1. The summed E-state index contributed by atoms with van der Waals surface area (Å²) in [5.74, 6) is 5.64. The molecule has 78 valence electrons. The van der Waals surface area contributed by atoms with Gasteiger partial charge in [0.25, 0.3) is 5.56 Å². The lowest BCUT2D eigenvalue weighted by atomic mass is 10.1. The van der Waals surface area contributed by atoms with Crippen molar-refractivity contribution in [2.24, 2.45) is 0 Å². The molecule has 1 aromatic heterocycles. The minimum Gasteiger partial charge on any atom is -0.336 e. The van der Waals surface area contributed by atoms with Crippen LogP contribution in [0.25, 0.3) is 11.3 Å². The van der Waals surface area contributed by atoms with Gasteiger partial charge in [-0.2, -0.15) is 5.26 Å². The molecule has 0 saturated heterocycles. The molecule has 0 radical (unpaired) electrons. The third-order valence-electron chi connectivity index (χ3n) is 2.31. The van der Waals surface area contributed by atoms with Gasteiger partial charge in [-0.15, -0.1) is 0 Å². The van der Waals surface area contributed by atoms with Crippen molar-refractivity contribution in [1.29, 1.82) is 5.26 Å². The van der Waals surface area contributed by atoms with Crippen LogP contribution in [0.1, 0.15) is 5.56 Å². The van der Waals surface area contributed by atoms with Gasteiger partial charge >= 0.3 is 0 Å². The molecular formula is C12H9N3O. The van der Waals surface area contributed by atoms with Crippen LogP contribution < -0.4 is 11.4 Å². The maximum atomic E-state index is 11.6. The number of nitrogens with zero attached hydrogens (tertiary/aromatic N) is 2. The second-order valence-electron chi connectivity index (χ2n) is 3.29. The fourth-order valence-corrected chi connectivity index (χ4v) is 1.48. The van der Waals surface area contributed by atoms with Crippen molar-refractivity contribution in [3.8, 4) is 17.3 Å². The van der Waals surface area contributed by atoms with Gasteiger partial charge in [-0.25, -0.2) is 4.68 Å². The highest BCUT2D eigenvalue weighted by molar-refractivity contribution is 5.60. The molecule has 2 aromatic rings. The van der Waals surface area contributed by atoms with Crippen molar-refractivity contribution >= 4 is 0 Å². The minimum absolute atomic E-state index is 0.0437. The van der Waals surface area contributed by atoms with Crippen molar-refractivity contribution in [3.63, 3.8) is 0 Å². The number of aromatic nitrogens is 1. The number of rotatable bonds is 1. The number of nitrogens with two attached hydrogens (primary N) is 1. The van der Waals surface area contributed by atoms with Gasteiger partial charge in [0.2, 0.25) is 0 Å². The monoisotopic (exact) mass is 211 g/mol. The number of pyridine rings is 1. The van der Waals surface area contributed by atoms with Gasteiger partial charge in [0.15, 0.2) is 0 Å². The Balaban J connectivity index is 2.67. The third-order valence-corrected chi connectivity index (χ3v) is 2.31. The van der Waals surface area contributed by atoms with Crippen LogP contribution in [0.3, 0.4) is 0 Å². The van der Waals surface area contributed by atoms with Crippen molar-refractivity contribution < 1.29 is 0 Å². The van der Waals surface area contributed by atoms with Crippen LogP contribution in [-0.2, 0) is 0 Å². The summed E-state index contributed by atoms with van der Waals surface area (Å²) in [6.45, 7) is 0. The first kappa shape index (κ1) is 9.99. The smallest absolute Gasteiger partial charge is 0.287 e. The molecule has 0 saturated carbocycles. The lowest BCUT2D eigenvalue weighted by Crippen LogP contribution is -2.30. The summed E-state index contributed by atoms with van der Waals surface area (Å²) >= 11 is 0. The molecule has 0 fully saturated rings. The highest BCUT2D eigenvalue weighted by Gasteiger charge is 2.06. The van der Waals surface area contributed by atoms with Gasteiger partial charge in [0, 0.05) is 5.56 Å². The first-order chi connectivity index (χ1) is 7.74. The molecule has 0 aliphatic rings. The molecule has 0 amide bonds. The summed E-state index contributed by atoms with van der Waals surface area (Å²) in [7, 11) is 0. The Labute approximate surface area is 92.1 Å². The summed E-state index contributed by atoms with van der Waals surface area (Å²) in [4.78, 5) is 11.6. The summed E-state index contributed by atoms with van der Waals surface area (Å²) < 4.78 is 0.994. The number of nitriles is 1. The van der Waals surface area contributed by atoms with Gasteiger partial charge in [-0.05, 0) is 12.1 Å². The van der Waals surface area contributed by atoms with E-state index in [1.807, 2.05) is 30.3 Å². The zero-order chi connectivity index (χ0) is 11.5. The fourth-order valence-electron chi connectivity index (χ4n) is 1.48. The fraction of sp³-hybridized carbons (Fsp3) is 0. The zero-order valence-corrected chi connectivity index (χ0v) is 8.42. The quantitative estimate of drug-likeness (QED) is 0.718. The average molecular weight is 211 g/mol. The molecule has 16 heavy (non-hydrogen) atoms. The van der Waals surface area contributed by atoms with E-state index in [0.717, 1.165) is 10.2 Å². The standard InChI is InChI=1S/C12H9N3O/c13-8-10-6-7-11(15(14)12(10)16)9-4-2-1-3-5-9/h1-7H,14H2. The van der Waals surface area contributed by atoms with E-state index in [2.05, 4.69) is 0 Å². The minimum atomic E-state index is -0.483. The molecular weight excluding hydrogens is 202 g/mol. The Hall–Kier alpha value is -2.54. The van der Waals surface area contributed by atoms with Crippen LogP contribution in [0.2, 0.25) is 0 Å². The summed E-state index contributed by atoms with van der Waals surface area (Å²) in [6, 6.07) is 14.2. The van der Waals surface area contributed by atoms with Gasteiger partial charge in [-0.1, -0.05) is 30.3 Å². The van der Waals surface area contributed by atoms with Crippen LogP contribution >= 0.6 is 0 Å². The maximum absolute atomic E-state index is 11.6. The molecule has 0 unspecified atom stereocenters. The topological polar surface area (TPSA) is 71.8 Å². The highest BCUT2D eigenvalue weighted by Crippen LogP contribution is 2.15. The van der Waals surface area contributed by atoms with Crippen LogP contribution in [0.5, 0.6) is 0 Å². The summed E-state index contributed by atoms with van der Waals surface area (Å²) in [6.07, 6.45) is 0. The molecule has 4 heteroatoms. The van der Waals surface area contributed by atoms with E-state index >= 15 is 0 Å². The lowest BCUT2D eigenvalue weighted by molar-refractivity contribution is 0.940. The molecule has 0 spiro atoms. The van der Waals surface area contributed by atoms with Crippen molar-refractivity contribution in [2.45, 2.75) is 0 Å². The first-order valence-corrected chi connectivity index (χ1v) is 4.70. The maximum Gasteiger partial charge on any atom is 0.287 e. The summed E-state index contributed by atoms with van der Waals surface area (Å²) in [5.41, 5.74) is 0.988. The molecule has 0 aliphatic carbocycles. The van der Waals surface area contributed by atoms with Gasteiger partial charge in [0.05, 0.1) is 5.69 Å². The van der Waals surface area contributed by atoms with Crippen molar-refractivity contribution in [1.82, 2.24) is 4.68 Å². The first-order valence-electron chi connectivity index (χ1n) is 4.70. The Morgan fingerprint density at radius 2 is 1.81 bits per heavy atom. The lowest BCUT2D eigenvalue weighted by Gasteiger charge is -2.07. The average Bonchev–Trinajstić information content (AvgIpc) is 2.34. The van der Waals surface area contributed by atoms with E-state index in [-0.39, 0.29) is 5.56 Å². The van der Waals surface area contributed by atoms with Crippen LogP contribution in [0, 0.1) is 11.3 Å². The summed E-state index contributed by atoms with van der Waals surface area (Å²) in [5, 5.41) is 8.69. The number of nitrogen functional groups attached to an aromatic ring is 1. The number of hydrogen-bond donors (Lipinski definition) is 1. The second kappa shape index (κ2) is 3.91. The van der Waals surface area contributed by atoms with E-state index in [1.54, 1.807) is 12.1 Å². The molecule has 4 nitrogen and oxygen atoms in total. The molecule has 0 aliphatic heterocycles. The number of hydrogen-bond acceptors (Lipinski definition) is 3. The van der Waals surface area contributed by atoms with E-state index < -0.39 is 5.56 Å². The van der Waals surface area contributed by atoms with Crippen LogP contribution in [0.4, 0.5) is 0 Å². The van der Waals surface area contributed by atoms with E-state index in [0.29, 0.717) is 5.69 Å². The number of benzene rings is 1. The Kier molecular flexibility index (Phi) is 2.44. The normalized spacial score (nSPS) is 9.69. The largest absolute Gasteiger partial charge is 0.336 e. The Morgan fingerprint density at radius 3 is 2.44 bits per heavy atom. The van der Waals surface area contributed by atoms with Crippen LogP contribution in [-0.4, -0.2) is 4.68 Å². The van der Waals surface area contributed by atoms with Gasteiger partial charge in [-0.3, -0.25) is 4.79 Å². The van der Waals surface area contributed by atoms with E-state index in [9.17, 15) is 4.79 Å². The van der Waals surface area contributed by atoms with Gasteiger partial charge in [0.1, 0.15) is 11.6 Å². The van der Waals surface area contributed by atoms with Gasteiger partial charge < -0.3 is 5.84 Å². The molecule has 0 bridgehead atoms. The van der Waals surface area contributed by atoms with E-state index in [4.69, 9.17) is 11.1 Å². The molecule has 0 atom stereocenters. The van der Waals surface area contributed by atoms with E-state index in [1.165, 1.54) is 6.07 Å². The molecule has 2 rings (SSSR count). The predicted octanol–water partition coefficient (Wildman–Crippen LogP) is 1.10. The Bertz CT molecular complexity index is 608. The van der Waals surface area contributed by atoms with Crippen molar-refractivity contribution in [3.05, 3.63) is 58.4 Å². The second-order valence-corrected chi connectivity index (χ2v) is 3.29. The van der Waals surface area contributed by atoms with Crippen LogP contribution in [0.15, 0.2) is 47.3 Å². The predicted molar refractivity (Wildman–Crippen MR) is 61.0 cm³/mol. The Morgan fingerprint density at radius 1 is 1.12 bits per heavy atom. The zero-order valence-electron chi connectivity index (χ0n) is 8.42. The SMILES string of the molecule is N#Cc1ccc(-c2ccccc2)n(N)c1=O. The molecule has 1 aromatic carbocycles. The third kappa shape index (κ3) is 1.55. The molecule has 1 heterocycles. The van der Waals surface area contributed by atoms with Crippen molar-refractivity contribution in [2.75, 3.05) is 5.84 Å². The molecule has 2 N–H and O–H groups in total.